The van der Waals surface area contributed by atoms with Crippen LogP contribution in [-0.2, 0) is 11.2 Å². The Balaban J connectivity index is 2.20. The minimum atomic E-state index is -0.974. The Kier molecular flexibility index (Phi) is 4.95. The maximum atomic E-state index is 11.5. The highest BCUT2D eigenvalue weighted by molar-refractivity contribution is 9.10. The molecule has 0 aliphatic heterocycles. The van der Waals surface area contributed by atoms with Crippen LogP contribution >= 0.6 is 15.9 Å². The zero-order valence-corrected chi connectivity index (χ0v) is 15.7. The predicted octanol–water partition coefficient (Wildman–Crippen LogP) is 3.94. The summed E-state index contributed by atoms with van der Waals surface area (Å²) < 4.78 is 2.92. The zero-order valence-electron chi connectivity index (χ0n) is 14.1. The van der Waals surface area contributed by atoms with Gasteiger partial charge in [0.25, 0.3) is 0 Å². The van der Waals surface area contributed by atoms with Gasteiger partial charge in [-0.15, -0.1) is 0 Å². The summed E-state index contributed by atoms with van der Waals surface area (Å²) in [7, 11) is 0. The number of nitrogens with two attached hydrogens (primary N) is 1. The number of carboxylic acids is 1. The number of carbonyl (C=O) groups excluding carboxylic acids is 1. The predicted molar refractivity (Wildman–Crippen MR) is 103 cm³/mol. The van der Waals surface area contributed by atoms with Crippen molar-refractivity contribution >= 4 is 27.8 Å². The first-order valence-electron chi connectivity index (χ1n) is 7.96. The van der Waals surface area contributed by atoms with Crippen LogP contribution in [0.15, 0.2) is 59.1 Å². The number of aromatic carboxylic acids is 1. The molecule has 0 fully saturated rings. The maximum Gasteiger partial charge on any atom is 0.335 e. The van der Waals surface area contributed by atoms with Crippen molar-refractivity contribution < 1.29 is 14.7 Å². The molecule has 0 bridgehead atoms. The van der Waals surface area contributed by atoms with E-state index < -0.39 is 11.9 Å². The lowest BCUT2D eigenvalue weighted by Crippen LogP contribution is -2.16. The van der Waals surface area contributed by atoms with E-state index in [2.05, 4.69) is 15.9 Å². The van der Waals surface area contributed by atoms with E-state index in [1.807, 2.05) is 47.9 Å². The fraction of sp³-hybridized carbons (Fsp3) is 0.100. The van der Waals surface area contributed by atoms with Crippen LogP contribution in [0, 0.1) is 6.92 Å². The Bertz CT molecular complexity index is 991. The summed E-state index contributed by atoms with van der Waals surface area (Å²) in [5, 5.41) is 9.19. The molecule has 0 saturated heterocycles. The number of halogens is 1. The molecular formula is C20H17BrN2O3. The van der Waals surface area contributed by atoms with Crippen molar-refractivity contribution in [2.45, 2.75) is 13.3 Å². The summed E-state index contributed by atoms with van der Waals surface area (Å²) in [6, 6.07) is 16.6. The topological polar surface area (TPSA) is 85.3 Å². The summed E-state index contributed by atoms with van der Waals surface area (Å²) in [6.07, 6.45) is 0.0939. The van der Waals surface area contributed by atoms with Gasteiger partial charge in [0.15, 0.2) is 0 Å². The number of carbonyl (C=O) groups is 2. The van der Waals surface area contributed by atoms with Gasteiger partial charge in [0, 0.05) is 15.9 Å². The number of benzene rings is 2. The highest BCUT2D eigenvalue weighted by Gasteiger charge is 2.16. The van der Waals surface area contributed by atoms with Gasteiger partial charge in [-0.2, -0.15) is 0 Å². The second-order valence-electron chi connectivity index (χ2n) is 6.00. The van der Waals surface area contributed by atoms with Crippen molar-refractivity contribution in [2.75, 3.05) is 0 Å². The smallest absolute Gasteiger partial charge is 0.335 e. The first-order chi connectivity index (χ1) is 12.4. The third kappa shape index (κ3) is 3.55. The van der Waals surface area contributed by atoms with E-state index >= 15 is 0 Å². The number of aromatic nitrogens is 1. The normalized spacial score (nSPS) is 10.7. The van der Waals surface area contributed by atoms with Gasteiger partial charge in [-0.3, -0.25) is 4.79 Å². The molecular weight excluding hydrogens is 396 g/mol. The van der Waals surface area contributed by atoms with E-state index in [1.54, 1.807) is 18.2 Å². The Hall–Kier alpha value is -2.86. The quantitative estimate of drug-likeness (QED) is 0.665. The van der Waals surface area contributed by atoms with Crippen LogP contribution in [0.5, 0.6) is 0 Å². The lowest BCUT2D eigenvalue weighted by atomic mass is 10.1. The number of hydrogen-bond acceptors (Lipinski definition) is 2. The molecule has 132 valence electrons. The minimum absolute atomic E-state index is 0.0939. The summed E-state index contributed by atoms with van der Waals surface area (Å²) in [5.41, 5.74) is 9.87. The van der Waals surface area contributed by atoms with Gasteiger partial charge in [0.05, 0.1) is 17.7 Å². The maximum absolute atomic E-state index is 11.5. The van der Waals surface area contributed by atoms with E-state index in [1.165, 1.54) is 0 Å². The van der Waals surface area contributed by atoms with Crippen molar-refractivity contribution in [3.8, 4) is 16.9 Å². The molecule has 0 saturated carbocycles. The first kappa shape index (κ1) is 17.9. The highest BCUT2D eigenvalue weighted by atomic mass is 79.9. The van der Waals surface area contributed by atoms with Gasteiger partial charge in [-0.25, -0.2) is 4.79 Å². The van der Waals surface area contributed by atoms with Crippen LogP contribution < -0.4 is 5.73 Å². The van der Waals surface area contributed by atoms with Crippen molar-refractivity contribution in [1.82, 2.24) is 4.57 Å². The van der Waals surface area contributed by atoms with Crippen LogP contribution in [0.4, 0.5) is 0 Å². The zero-order chi connectivity index (χ0) is 18.8. The number of rotatable bonds is 5. The second kappa shape index (κ2) is 7.17. The van der Waals surface area contributed by atoms with Crippen LogP contribution in [0.2, 0.25) is 0 Å². The molecule has 0 radical (unpaired) electrons. The molecule has 6 heteroatoms. The summed E-state index contributed by atoms with van der Waals surface area (Å²) >= 11 is 3.43. The molecule has 0 atom stereocenters. The molecule has 5 nitrogen and oxygen atoms in total. The Morgan fingerprint density at radius 2 is 1.77 bits per heavy atom. The van der Waals surface area contributed by atoms with E-state index in [9.17, 15) is 14.7 Å². The summed E-state index contributed by atoms with van der Waals surface area (Å²) in [4.78, 5) is 22.7. The SMILES string of the molecule is Cc1cc(C(=O)O)ccc1-n1c(CC(N)=O)ccc1-c1ccc(Br)cc1. The van der Waals surface area contributed by atoms with E-state index in [0.29, 0.717) is 0 Å². The molecule has 0 unspecified atom stereocenters. The fourth-order valence-corrected chi connectivity index (χ4v) is 3.23. The van der Waals surface area contributed by atoms with Gasteiger partial charge in [-0.05, 0) is 60.5 Å². The second-order valence-corrected chi connectivity index (χ2v) is 6.92. The average Bonchev–Trinajstić information content (AvgIpc) is 2.98. The fourth-order valence-electron chi connectivity index (χ4n) is 2.97. The molecule has 3 aromatic rings. The lowest BCUT2D eigenvalue weighted by molar-refractivity contribution is -0.117. The number of hydrogen-bond donors (Lipinski definition) is 2. The van der Waals surface area contributed by atoms with E-state index in [0.717, 1.165) is 32.7 Å². The standard InChI is InChI=1S/C20H17BrN2O3/c1-12-10-14(20(25)26)4-8-17(12)23-16(11-19(22)24)7-9-18(23)13-2-5-15(21)6-3-13/h2-10H,11H2,1H3,(H2,22,24)(H,25,26). The lowest BCUT2D eigenvalue weighted by Gasteiger charge is -2.16. The molecule has 26 heavy (non-hydrogen) atoms. The summed E-state index contributed by atoms with van der Waals surface area (Å²) in [5.74, 6) is -1.40. The molecule has 1 amide bonds. The van der Waals surface area contributed by atoms with Gasteiger partial charge < -0.3 is 15.4 Å². The van der Waals surface area contributed by atoms with Crippen LogP contribution in [0.1, 0.15) is 21.6 Å². The van der Waals surface area contributed by atoms with Crippen LogP contribution in [0.3, 0.4) is 0 Å². The van der Waals surface area contributed by atoms with Crippen molar-refractivity contribution in [1.29, 1.82) is 0 Å². The number of nitrogens with zero attached hydrogens (tertiary/aromatic N) is 1. The molecule has 2 aromatic carbocycles. The molecule has 0 spiro atoms. The number of primary amides is 1. The molecule has 3 rings (SSSR count). The monoisotopic (exact) mass is 412 g/mol. The van der Waals surface area contributed by atoms with Gasteiger partial charge in [0.1, 0.15) is 0 Å². The van der Waals surface area contributed by atoms with Crippen molar-refractivity contribution in [2.24, 2.45) is 5.73 Å². The van der Waals surface area contributed by atoms with Gasteiger partial charge >= 0.3 is 5.97 Å². The van der Waals surface area contributed by atoms with Gasteiger partial charge in [0.2, 0.25) is 5.91 Å². The third-order valence-corrected chi connectivity index (χ3v) is 4.67. The molecule has 0 aliphatic carbocycles. The molecule has 3 N–H and O–H groups in total. The van der Waals surface area contributed by atoms with E-state index in [4.69, 9.17) is 5.73 Å². The van der Waals surface area contributed by atoms with Gasteiger partial charge in [-0.1, -0.05) is 28.1 Å². The third-order valence-electron chi connectivity index (χ3n) is 4.14. The van der Waals surface area contributed by atoms with Crippen molar-refractivity contribution in [3.63, 3.8) is 0 Å². The van der Waals surface area contributed by atoms with Crippen LogP contribution in [0.25, 0.3) is 16.9 Å². The largest absolute Gasteiger partial charge is 0.478 e. The molecule has 1 aromatic heterocycles. The average molecular weight is 413 g/mol. The Labute approximate surface area is 159 Å². The minimum Gasteiger partial charge on any atom is -0.478 e. The Morgan fingerprint density at radius 1 is 1.08 bits per heavy atom. The first-order valence-corrected chi connectivity index (χ1v) is 8.75. The molecule has 0 aliphatic rings. The number of amides is 1. The van der Waals surface area contributed by atoms with Crippen molar-refractivity contribution in [3.05, 3.63) is 75.9 Å². The Morgan fingerprint density at radius 3 is 2.35 bits per heavy atom. The summed E-state index contributed by atoms with van der Waals surface area (Å²) in [6.45, 7) is 1.85. The van der Waals surface area contributed by atoms with E-state index in [-0.39, 0.29) is 12.0 Å². The molecule has 1 heterocycles. The number of carboxylic acid groups (broad SMARTS) is 1. The number of aryl methyl sites for hydroxylation is 1. The van der Waals surface area contributed by atoms with Crippen LogP contribution in [-0.4, -0.2) is 21.6 Å². The highest BCUT2D eigenvalue weighted by Crippen LogP contribution is 2.30.